The van der Waals surface area contributed by atoms with Crippen LogP contribution >= 0.6 is 0 Å². The Labute approximate surface area is 188 Å². The van der Waals surface area contributed by atoms with Crippen LogP contribution in [-0.4, -0.2) is 7.11 Å². The summed E-state index contributed by atoms with van der Waals surface area (Å²) in [6.07, 6.45) is 6.40. The third kappa shape index (κ3) is 3.92. The van der Waals surface area contributed by atoms with Gasteiger partial charge in [-0.05, 0) is 46.7 Å². The van der Waals surface area contributed by atoms with E-state index in [0.717, 1.165) is 46.3 Å². The lowest BCUT2D eigenvalue weighted by Crippen LogP contribution is -1.90. The molecule has 0 aliphatic carbocycles. The first-order valence-corrected chi connectivity index (χ1v) is 11.1. The molecule has 0 unspecified atom stereocenters. The summed E-state index contributed by atoms with van der Waals surface area (Å²) in [5.41, 5.74) is 5.79. The molecule has 0 aliphatic rings. The molecule has 1 aromatic heterocycles. The maximum absolute atomic E-state index is 6.42. The van der Waals surface area contributed by atoms with Crippen molar-refractivity contribution in [3.63, 3.8) is 0 Å². The van der Waals surface area contributed by atoms with Crippen LogP contribution in [0.4, 0.5) is 0 Å². The maximum atomic E-state index is 6.42. The molecule has 0 radical (unpaired) electrons. The first kappa shape index (κ1) is 20.1. The summed E-state index contributed by atoms with van der Waals surface area (Å²) in [5, 5.41) is 3.51. The van der Waals surface area contributed by atoms with Gasteiger partial charge < -0.3 is 9.15 Å². The molecule has 0 amide bonds. The van der Waals surface area contributed by atoms with Gasteiger partial charge in [0, 0.05) is 16.3 Å². The first-order valence-electron chi connectivity index (χ1n) is 11.1. The molecule has 2 heteroatoms. The predicted octanol–water partition coefficient (Wildman–Crippen LogP) is 8.38. The van der Waals surface area contributed by atoms with Crippen molar-refractivity contribution < 1.29 is 9.15 Å². The van der Waals surface area contributed by atoms with E-state index in [4.69, 9.17) is 9.15 Å². The molecule has 0 atom stereocenters. The van der Waals surface area contributed by atoms with Crippen molar-refractivity contribution in [1.82, 2.24) is 0 Å². The van der Waals surface area contributed by atoms with E-state index >= 15 is 0 Å². The fraction of sp³-hybridized carbons (Fsp3) is 0.133. The van der Waals surface area contributed by atoms with Crippen LogP contribution in [0.5, 0.6) is 5.75 Å². The van der Waals surface area contributed by atoms with Gasteiger partial charge in [-0.1, -0.05) is 92.2 Å². The lowest BCUT2D eigenvalue weighted by Gasteiger charge is -2.08. The van der Waals surface area contributed by atoms with Crippen LogP contribution in [-0.2, 0) is 6.42 Å². The van der Waals surface area contributed by atoms with Crippen molar-refractivity contribution in [1.29, 1.82) is 0 Å². The lowest BCUT2D eigenvalue weighted by atomic mass is 9.97. The van der Waals surface area contributed by atoms with Gasteiger partial charge in [0.1, 0.15) is 17.1 Å². The lowest BCUT2D eigenvalue weighted by molar-refractivity contribution is 0.415. The van der Waals surface area contributed by atoms with Gasteiger partial charge in [0.2, 0.25) is 0 Å². The smallest absolute Gasteiger partial charge is 0.142 e. The standard InChI is InChI=1S/C30H26O2/c1-3-6-24-19-22(10-9-21-11-16-26(31-2)17-12-21)13-18-27(24)29-20-25-15-14-23-7-4-5-8-28(23)30(25)32-29/h4-5,7-20H,3,6H2,1-2H3/b10-9+. The largest absolute Gasteiger partial charge is 0.497 e. The Hall–Kier alpha value is -3.78. The van der Waals surface area contributed by atoms with Crippen LogP contribution in [0.1, 0.15) is 30.0 Å². The third-order valence-corrected chi connectivity index (χ3v) is 5.91. The minimum absolute atomic E-state index is 0.871. The normalized spacial score (nSPS) is 11.6. The molecule has 0 aliphatic heterocycles. The molecular weight excluding hydrogens is 392 g/mol. The second-order valence-corrected chi connectivity index (χ2v) is 8.09. The van der Waals surface area contributed by atoms with Crippen LogP contribution in [0.25, 0.3) is 45.2 Å². The van der Waals surface area contributed by atoms with Crippen molar-refractivity contribution >= 4 is 33.9 Å². The van der Waals surface area contributed by atoms with E-state index in [1.165, 1.54) is 22.1 Å². The zero-order chi connectivity index (χ0) is 21.9. The Bertz CT molecular complexity index is 1400. The summed E-state index contributed by atoms with van der Waals surface area (Å²) in [7, 11) is 1.69. The van der Waals surface area contributed by atoms with Crippen LogP contribution in [0, 0.1) is 0 Å². The second kappa shape index (κ2) is 8.76. The minimum atomic E-state index is 0.871. The number of benzene rings is 4. The average molecular weight is 419 g/mol. The summed E-state index contributed by atoms with van der Waals surface area (Å²) in [4.78, 5) is 0. The van der Waals surface area contributed by atoms with Gasteiger partial charge in [0.25, 0.3) is 0 Å². The number of aryl methyl sites for hydroxylation is 1. The number of hydrogen-bond donors (Lipinski definition) is 0. The molecule has 32 heavy (non-hydrogen) atoms. The average Bonchev–Trinajstić information content (AvgIpc) is 3.28. The SMILES string of the molecule is CCCc1cc(/C=C/c2ccc(OC)cc2)ccc1-c1cc2ccc3ccccc3c2o1. The van der Waals surface area contributed by atoms with Gasteiger partial charge in [0.15, 0.2) is 0 Å². The molecule has 0 bridgehead atoms. The van der Waals surface area contributed by atoms with Gasteiger partial charge in [0.05, 0.1) is 7.11 Å². The number of ether oxygens (including phenoxy) is 1. The van der Waals surface area contributed by atoms with E-state index in [9.17, 15) is 0 Å². The van der Waals surface area contributed by atoms with Crippen LogP contribution in [0.2, 0.25) is 0 Å². The fourth-order valence-electron chi connectivity index (χ4n) is 4.24. The van der Waals surface area contributed by atoms with E-state index in [1.54, 1.807) is 7.11 Å². The molecular formula is C30H26O2. The summed E-state index contributed by atoms with van der Waals surface area (Å²) in [5.74, 6) is 1.81. The molecule has 0 saturated carbocycles. The van der Waals surface area contributed by atoms with Gasteiger partial charge >= 0.3 is 0 Å². The monoisotopic (exact) mass is 418 g/mol. The Kier molecular flexibility index (Phi) is 5.51. The quantitative estimate of drug-likeness (QED) is 0.258. The van der Waals surface area contributed by atoms with E-state index in [1.807, 2.05) is 12.1 Å². The van der Waals surface area contributed by atoms with Crippen LogP contribution in [0.15, 0.2) is 89.3 Å². The Morgan fingerprint density at radius 1 is 0.781 bits per heavy atom. The van der Waals surface area contributed by atoms with Crippen molar-refractivity contribution in [3.8, 4) is 17.1 Å². The summed E-state index contributed by atoms with van der Waals surface area (Å²) < 4.78 is 11.7. The molecule has 4 aromatic carbocycles. The maximum Gasteiger partial charge on any atom is 0.142 e. The van der Waals surface area contributed by atoms with Crippen molar-refractivity contribution in [2.45, 2.75) is 19.8 Å². The first-order chi connectivity index (χ1) is 15.7. The molecule has 1 heterocycles. The zero-order valence-electron chi connectivity index (χ0n) is 18.5. The third-order valence-electron chi connectivity index (χ3n) is 5.91. The Morgan fingerprint density at radius 3 is 2.34 bits per heavy atom. The number of hydrogen-bond acceptors (Lipinski definition) is 2. The topological polar surface area (TPSA) is 22.4 Å². The van der Waals surface area contributed by atoms with E-state index in [-0.39, 0.29) is 0 Å². The molecule has 0 fully saturated rings. The van der Waals surface area contributed by atoms with Gasteiger partial charge in [-0.15, -0.1) is 0 Å². The van der Waals surface area contributed by atoms with E-state index < -0.39 is 0 Å². The molecule has 0 saturated heterocycles. The van der Waals surface area contributed by atoms with Crippen LogP contribution < -0.4 is 4.74 Å². The molecule has 2 nitrogen and oxygen atoms in total. The summed E-state index contributed by atoms with van der Waals surface area (Å²) in [6, 6.07) is 29.6. The van der Waals surface area contributed by atoms with Crippen molar-refractivity contribution in [3.05, 3.63) is 102 Å². The number of fused-ring (bicyclic) bond motifs is 3. The highest BCUT2D eigenvalue weighted by Gasteiger charge is 2.12. The van der Waals surface area contributed by atoms with E-state index in [0.29, 0.717) is 0 Å². The van der Waals surface area contributed by atoms with Gasteiger partial charge in [-0.2, -0.15) is 0 Å². The van der Waals surface area contributed by atoms with Crippen LogP contribution in [0.3, 0.4) is 0 Å². The molecule has 0 spiro atoms. The summed E-state index contributed by atoms with van der Waals surface area (Å²) in [6.45, 7) is 2.22. The Morgan fingerprint density at radius 2 is 1.53 bits per heavy atom. The van der Waals surface area contributed by atoms with Gasteiger partial charge in [-0.25, -0.2) is 0 Å². The number of methoxy groups -OCH3 is 1. The Balaban J connectivity index is 1.51. The number of rotatable bonds is 6. The predicted molar refractivity (Wildman–Crippen MR) is 135 cm³/mol. The highest BCUT2D eigenvalue weighted by molar-refractivity contribution is 6.05. The number of furan rings is 1. The summed E-state index contributed by atoms with van der Waals surface area (Å²) >= 11 is 0. The molecule has 158 valence electrons. The minimum Gasteiger partial charge on any atom is -0.497 e. The fourth-order valence-corrected chi connectivity index (χ4v) is 4.24. The highest BCUT2D eigenvalue weighted by Crippen LogP contribution is 2.35. The van der Waals surface area contributed by atoms with Crippen molar-refractivity contribution in [2.24, 2.45) is 0 Å². The molecule has 5 aromatic rings. The van der Waals surface area contributed by atoms with Gasteiger partial charge in [-0.3, -0.25) is 0 Å². The second-order valence-electron chi connectivity index (χ2n) is 8.09. The van der Waals surface area contributed by atoms with Crippen molar-refractivity contribution in [2.75, 3.05) is 7.11 Å². The van der Waals surface area contributed by atoms with E-state index in [2.05, 4.69) is 91.9 Å². The zero-order valence-corrected chi connectivity index (χ0v) is 18.5. The molecule has 0 N–H and O–H groups in total. The highest BCUT2D eigenvalue weighted by atomic mass is 16.5. The molecule has 5 rings (SSSR count).